The highest BCUT2D eigenvalue weighted by molar-refractivity contribution is 6.13. The number of nitrogens with zero attached hydrogens (tertiary/aromatic N) is 4. The first-order chi connectivity index (χ1) is 27.2. The second-order valence-electron chi connectivity index (χ2n) is 13.7. The summed E-state index contributed by atoms with van der Waals surface area (Å²) in [5.41, 5.74) is 18.8. The molecule has 7 aromatic carbocycles. The second-order valence-corrected chi connectivity index (χ2v) is 13.7. The van der Waals surface area contributed by atoms with Gasteiger partial charge in [-0.25, -0.2) is 0 Å². The normalized spacial score (nSPS) is 12.7. The van der Waals surface area contributed by atoms with Crippen molar-refractivity contribution in [2.24, 2.45) is 5.10 Å². The molecule has 1 aliphatic rings. The zero-order chi connectivity index (χ0) is 36.6. The fourth-order valence-electron chi connectivity index (χ4n) is 7.48. The van der Waals surface area contributed by atoms with Crippen molar-refractivity contribution in [3.8, 4) is 39.2 Å². The summed E-state index contributed by atoms with van der Waals surface area (Å²) in [4.78, 5) is 4.51. The largest absolute Gasteiger partial charge is 0.309 e. The number of hydrazine groups is 1. The van der Waals surface area contributed by atoms with Gasteiger partial charge in [0.05, 0.1) is 33.8 Å². The van der Waals surface area contributed by atoms with Crippen LogP contribution in [-0.2, 0) is 0 Å². The number of anilines is 1. The molecule has 0 atom stereocenters. The quantitative estimate of drug-likeness (QED) is 0.180. The Bertz CT molecular complexity index is 2840. The molecule has 2 aromatic heterocycles. The number of hydrazone groups is 1. The Balaban J connectivity index is 0.939. The van der Waals surface area contributed by atoms with Gasteiger partial charge in [-0.1, -0.05) is 140 Å². The van der Waals surface area contributed by atoms with E-state index in [0.717, 1.165) is 56.3 Å². The zero-order valence-electron chi connectivity index (χ0n) is 29.9. The Morgan fingerprint density at radius 2 is 0.964 bits per heavy atom. The van der Waals surface area contributed by atoms with Gasteiger partial charge < -0.3 is 4.57 Å². The van der Waals surface area contributed by atoms with Gasteiger partial charge in [0, 0.05) is 33.8 Å². The summed E-state index contributed by atoms with van der Waals surface area (Å²) in [6, 6.07) is 68.3. The summed E-state index contributed by atoms with van der Waals surface area (Å²) in [5, 5.41) is 9.32. The maximum Gasteiger partial charge on any atom is 0.0949 e. The molecule has 0 fully saturated rings. The van der Waals surface area contributed by atoms with E-state index in [9.17, 15) is 0 Å². The fourth-order valence-corrected chi connectivity index (χ4v) is 7.48. The molecule has 9 aromatic rings. The molecule has 5 heteroatoms. The Morgan fingerprint density at radius 3 is 1.67 bits per heavy atom. The number of aromatic nitrogens is 2. The lowest BCUT2D eigenvalue weighted by Crippen LogP contribution is -2.36. The predicted octanol–water partition coefficient (Wildman–Crippen LogP) is 11.9. The first-order valence-corrected chi connectivity index (χ1v) is 18.5. The van der Waals surface area contributed by atoms with Crippen LogP contribution in [0.5, 0.6) is 0 Å². The molecule has 260 valence electrons. The first-order valence-electron chi connectivity index (χ1n) is 18.5. The van der Waals surface area contributed by atoms with Crippen LogP contribution < -0.4 is 10.5 Å². The molecule has 10 rings (SSSR count). The van der Waals surface area contributed by atoms with E-state index in [-0.39, 0.29) is 0 Å². The van der Waals surface area contributed by atoms with Crippen molar-refractivity contribution < 1.29 is 0 Å². The van der Waals surface area contributed by atoms with E-state index in [1.54, 1.807) is 0 Å². The Labute approximate surface area is 319 Å². The monoisotopic (exact) mass is 705 g/mol. The van der Waals surface area contributed by atoms with Crippen molar-refractivity contribution in [2.45, 2.75) is 0 Å². The summed E-state index contributed by atoms with van der Waals surface area (Å²) in [5.74, 6) is 0. The van der Waals surface area contributed by atoms with E-state index in [2.05, 4.69) is 173 Å². The summed E-state index contributed by atoms with van der Waals surface area (Å²) in [6.45, 7) is 0. The highest BCUT2D eigenvalue weighted by Crippen LogP contribution is 2.36. The minimum atomic E-state index is 0.898. The van der Waals surface area contributed by atoms with Gasteiger partial charge in [0.2, 0.25) is 0 Å². The predicted molar refractivity (Wildman–Crippen MR) is 228 cm³/mol. The van der Waals surface area contributed by atoms with Crippen molar-refractivity contribution in [3.63, 3.8) is 0 Å². The second kappa shape index (κ2) is 13.8. The molecule has 1 aliphatic heterocycles. The molecule has 0 saturated heterocycles. The fraction of sp³-hybridized carbons (Fsp3) is 0. The van der Waals surface area contributed by atoms with Gasteiger partial charge >= 0.3 is 0 Å². The van der Waals surface area contributed by atoms with Crippen molar-refractivity contribution in [2.75, 3.05) is 5.12 Å². The van der Waals surface area contributed by atoms with Gasteiger partial charge in [0.25, 0.3) is 0 Å². The average molecular weight is 706 g/mol. The lowest BCUT2D eigenvalue weighted by atomic mass is 10.0. The average Bonchev–Trinajstić information content (AvgIpc) is 3.61. The highest BCUT2D eigenvalue weighted by Gasteiger charge is 2.18. The number of fused-ring (bicyclic) bond motifs is 3. The smallest absolute Gasteiger partial charge is 0.0949 e. The molecule has 3 heterocycles. The molecule has 0 unspecified atom stereocenters. The van der Waals surface area contributed by atoms with E-state index in [1.807, 2.05) is 53.8 Å². The number of allylic oxidation sites excluding steroid dienone is 1. The molecular formula is C50H35N5. The van der Waals surface area contributed by atoms with Gasteiger partial charge in [0.15, 0.2) is 0 Å². The molecule has 0 bridgehead atoms. The number of hydrogen-bond acceptors (Lipinski definition) is 4. The zero-order valence-corrected chi connectivity index (χ0v) is 29.9. The van der Waals surface area contributed by atoms with Crippen LogP contribution in [0, 0.1) is 0 Å². The summed E-state index contributed by atoms with van der Waals surface area (Å²) in [6.07, 6.45) is 3.94. The molecule has 0 aliphatic carbocycles. The van der Waals surface area contributed by atoms with E-state index >= 15 is 0 Å². The maximum absolute atomic E-state index is 4.99. The Hall–Kier alpha value is -7.50. The van der Waals surface area contributed by atoms with Gasteiger partial charge in [-0.05, 0) is 88.5 Å². The minimum absolute atomic E-state index is 0.898. The highest BCUT2D eigenvalue weighted by atomic mass is 15.7. The van der Waals surface area contributed by atoms with Crippen molar-refractivity contribution in [1.29, 1.82) is 0 Å². The molecule has 55 heavy (non-hydrogen) atoms. The van der Waals surface area contributed by atoms with Crippen LogP contribution in [0.1, 0.15) is 11.1 Å². The molecular weight excluding hydrogens is 671 g/mol. The van der Waals surface area contributed by atoms with Crippen LogP contribution in [0.25, 0.3) is 66.7 Å². The first kappa shape index (κ1) is 32.2. The Morgan fingerprint density at radius 1 is 0.400 bits per heavy atom. The number of hydrogen-bond donors (Lipinski definition) is 1. The number of nitrogens with one attached hydrogen (secondary N) is 1. The van der Waals surface area contributed by atoms with E-state index < -0.39 is 0 Å². The minimum Gasteiger partial charge on any atom is -0.309 e. The molecule has 0 saturated carbocycles. The topological polar surface area (TPSA) is 45.5 Å². The molecule has 0 amide bonds. The van der Waals surface area contributed by atoms with Crippen LogP contribution in [0.15, 0.2) is 211 Å². The van der Waals surface area contributed by atoms with E-state index in [4.69, 9.17) is 5.10 Å². The summed E-state index contributed by atoms with van der Waals surface area (Å²) >= 11 is 0. The van der Waals surface area contributed by atoms with Gasteiger partial charge in [-0.2, -0.15) is 10.2 Å². The number of benzene rings is 7. The summed E-state index contributed by atoms with van der Waals surface area (Å²) in [7, 11) is 0. The van der Waals surface area contributed by atoms with Gasteiger partial charge in [0.1, 0.15) is 0 Å². The molecule has 1 N–H and O–H groups in total. The number of para-hydroxylation sites is 1. The van der Waals surface area contributed by atoms with Crippen LogP contribution in [0.3, 0.4) is 0 Å². The van der Waals surface area contributed by atoms with Crippen LogP contribution in [0.4, 0.5) is 5.69 Å². The summed E-state index contributed by atoms with van der Waals surface area (Å²) < 4.78 is 2.37. The lowest BCUT2D eigenvalue weighted by Gasteiger charge is -2.28. The van der Waals surface area contributed by atoms with Crippen LogP contribution in [-0.4, -0.2) is 15.3 Å². The molecule has 0 radical (unpaired) electrons. The third-order valence-electron chi connectivity index (χ3n) is 10.3. The molecule has 0 spiro atoms. The maximum atomic E-state index is 4.99. The SMILES string of the molecule is C1=C(c2ccccc2)NN(c2ccc(-c3ccc(-n4c5ccccc5c5cc(-c6ccc(-c7ccccn7)cc6)ccc54)cc3)cc2)N=C1c1ccccc1. The van der Waals surface area contributed by atoms with E-state index in [1.165, 1.54) is 32.9 Å². The van der Waals surface area contributed by atoms with Crippen LogP contribution >= 0.6 is 0 Å². The number of rotatable bonds is 7. The third kappa shape index (κ3) is 6.14. The number of pyridine rings is 1. The Kier molecular flexibility index (Phi) is 8.08. The van der Waals surface area contributed by atoms with Gasteiger partial charge in [-0.3, -0.25) is 10.4 Å². The lowest BCUT2D eigenvalue weighted by molar-refractivity contribution is 0.787. The third-order valence-corrected chi connectivity index (χ3v) is 10.3. The molecule has 5 nitrogen and oxygen atoms in total. The van der Waals surface area contributed by atoms with Crippen molar-refractivity contribution in [3.05, 3.63) is 218 Å². The standard InChI is InChI=1S/C50H35N5/c1-3-11-38(12-4-1)47-34-48(39-13-5-2-6-14-39)53-55(52-47)43-29-24-36(25-30-43)35-22-27-42(28-23-35)54-49-17-8-7-15-44(49)45-33-41(26-31-50(45)54)37-18-20-40(21-19-37)46-16-9-10-32-51-46/h1-34,52H. The van der Waals surface area contributed by atoms with Crippen molar-refractivity contribution >= 4 is 38.9 Å². The van der Waals surface area contributed by atoms with Crippen molar-refractivity contribution in [1.82, 2.24) is 15.0 Å². The van der Waals surface area contributed by atoms with Crippen LogP contribution in [0.2, 0.25) is 0 Å². The van der Waals surface area contributed by atoms with Gasteiger partial charge in [-0.15, -0.1) is 0 Å². The van der Waals surface area contributed by atoms with E-state index in [0.29, 0.717) is 0 Å².